The number of nitrogens with one attached hydrogen (secondary N) is 3. The van der Waals surface area contributed by atoms with Gasteiger partial charge in [0, 0.05) is 6.10 Å². The minimum atomic E-state index is 0.446. The molecule has 0 aromatic rings. The van der Waals surface area contributed by atoms with Crippen molar-refractivity contribution in [3.05, 3.63) is 0 Å². The summed E-state index contributed by atoms with van der Waals surface area (Å²) in [6, 6.07) is 0. The van der Waals surface area contributed by atoms with Gasteiger partial charge in [-0.25, -0.2) is 30.6 Å². The van der Waals surface area contributed by atoms with Gasteiger partial charge in [0.25, 0.3) is 0 Å². The maximum atomic E-state index is 8.35. The minimum Gasteiger partial charge on any atom is -0.426 e. The van der Waals surface area contributed by atoms with E-state index in [0.717, 1.165) is 28.7 Å². The zero-order valence-corrected chi connectivity index (χ0v) is 10.2. The van der Waals surface area contributed by atoms with Crippen LogP contribution in [0.1, 0.15) is 13.8 Å². The molecule has 0 aliphatic carbocycles. The van der Waals surface area contributed by atoms with E-state index in [9.17, 15) is 0 Å². The highest BCUT2D eigenvalue weighted by Crippen LogP contribution is 1.76. The van der Waals surface area contributed by atoms with Crippen molar-refractivity contribution in [3.63, 3.8) is 0 Å². The maximum absolute atomic E-state index is 8.35. The lowest BCUT2D eigenvalue weighted by Crippen LogP contribution is -1.95. The fourth-order valence-corrected chi connectivity index (χ4v) is 0. The Hall–Kier alpha value is -1.68. The summed E-state index contributed by atoms with van der Waals surface area (Å²) in [6.07, 6.45) is 2.70. The Morgan fingerprint density at radius 1 is 1.00 bits per heavy atom. The predicted octanol–water partition coefficient (Wildman–Crippen LogP) is -0.605. The van der Waals surface area contributed by atoms with Gasteiger partial charge in [0.1, 0.15) is 10.5 Å². The van der Waals surface area contributed by atoms with E-state index in [2.05, 4.69) is 0 Å². The van der Waals surface area contributed by atoms with Crippen molar-refractivity contribution in [2.45, 2.75) is 20.0 Å². The highest BCUT2D eigenvalue weighted by Gasteiger charge is 1.77. The Morgan fingerprint density at radius 2 is 1.07 bits per heavy atom. The molecule has 0 bridgehead atoms. The van der Waals surface area contributed by atoms with Crippen LogP contribution in [0.4, 0.5) is 0 Å². The molecule has 0 aromatic carbocycles. The Kier molecular flexibility index (Phi) is 69.4. The summed E-state index contributed by atoms with van der Waals surface area (Å²) >= 11 is 0. The summed E-state index contributed by atoms with van der Waals surface area (Å²) in [5.41, 5.74) is 0. The molecule has 0 rings (SSSR count). The normalized spacial score (nSPS) is 5.36. The molecule has 0 atom stereocenters. The average molecular weight is 219 g/mol. The van der Waals surface area contributed by atoms with Crippen molar-refractivity contribution in [3.8, 4) is 0 Å². The zero-order valence-electron chi connectivity index (χ0n) is 8.21. The first-order valence-electron chi connectivity index (χ1n) is 3.16. The van der Waals surface area contributed by atoms with Crippen LogP contribution in [0.25, 0.3) is 0 Å². The van der Waals surface area contributed by atoms with Crippen LogP contribution in [-0.2, 0) is 18.8 Å². The fraction of sp³-hybridized carbons (Fsp3) is 0.500. The van der Waals surface area contributed by atoms with E-state index >= 15 is 0 Å². The molecule has 0 amide bonds. The second-order valence-corrected chi connectivity index (χ2v) is 2.06. The smallest absolute Gasteiger partial charge is 0.231 e. The third-order valence-corrected chi connectivity index (χ3v) is 1.41. The third kappa shape index (κ3) is 8920. The molecule has 8 heteroatoms. The number of carbonyl (C=O) groups excluding carboxylic acids is 3. The second kappa shape index (κ2) is 42.6. The van der Waals surface area contributed by atoms with Crippen molar-refractivity contribution in [2.24, 2.45) is 0 Å². The zero-order chi connectivity index (χ0) is 12.4. The molecular weight excluding hydrogens is 206 g/mol. The lowest BCUT2D eigenvalue weighted by molar-refractivity contribution is 0.267. The minimum absolute atomic E-state index is 0.446. The number of isocyanates is 3. The molecule has 3 N–H and O–H groups in total. The van der Waals surface area contributed by atoms with Gasteiger partial charge in [-0.3, -0.25) is 0 Å². The van der Waals surface area contributed by atoms with Crippen LogP contribution >= 0.6 is 0 Å². The Labute approximate surface area is 84.5 Å². The molecular formula is C6H13N3O4Si. The van der Waals surface area contributed by atoms with Crippen LogP contribution in [0.15, 0.2) is 0 Å². The summed E-state index contributed by atoms with van der Waals surface area (Å²) in [7, 11) is 0.873. The van der Waals surface area contributed by atoms with Gasteiger partial charge in [-0.15, -0.1) is 0 Å². The van der Waals surface area contributed by atoms with Gasteiger partial charge in [-0.2, -0.15) is 0 Å². The predicted molar refractivity (Wildman–Crippen MR) is 51.4 cm³/mol. The molecule has 80 valence electrons. The molecule has 0 aliphatic heterocycles. The van der Waals surface area contributed by atoms with Crippen molar-refractivity contribution in [1.29, 1.82) is 16.2 Å². The highest BCUT2D eigenvalue weighted by molar-refractivity contribution is 5.98. The molecule has 0 saturated carbocycles. The highest BCUT2D eigenvalue weighted by atomic mass is 28.2. The molecule has 0 radical (unpaired) electrons. The number of hydrogen-bond acceptors (Lipinski definition) is 7. The van der Waals surface area contributed by atoms with E-state index < -0.39 is 0 Å². The van der Waals surface area contributed by atoms with Gasteiger partial charge in [0.2, 0.25) is 18.2 Å². The van der Waals surface area contributed by atoms with E-state index in [1.807, 2.05) is 13.8 Å². The van der Waals surface area contributed by atoms with Crippen molar-refractivity contribution >= 4 is 28.7 Å². The van der Waals surface area contributed by atoms with Crippen LogP contribution in [0.5, 0.6) is 0 Å². The van der Waals surface area contributed by atoms with Gasteiger partial charge < -0.3 is 4.43 Å². The summed E-state index contributed by atoms with van der Waals surface area (Å²) in [5, 5.41) is 16.2. The van der Waals surface area contributed by atoms with E-state index in [-0.39, 0.29) is 0 Å². The average Bonchev–Trinajstić information content (AvgIpc) is 2.08. The Morgan fingerprint density at radius 3 is 1.07 bits per heavy atom. The summed E-state index contributed by atoms with van der Waals surface area (Å²) in [5.74, 6) is 0. The van der Waals surface area contributed by atoms with Gasteiger partial charge in [0.05, 0.1) is 0 Å². The molecule has 0 aliphatic rings. The lowest BCUT2D eigenvalue weighted by Gasteiger charge is -1.95. The SMILES string of the molecule is CC(C)O[SiH3].N=C=O.N=C=O.N=C=O. The quantitative estimate of drug-likeness (QED) is 0.308. The largest absolute Gasteiger partial charge is 0.426 e. The Balaban J connectivity index is -0.0000000495. The second-order valence-electron chi connectivity index (χ2n) is 1.59. The molecule has 0 spiro atoms. The number of hydrogen-bond donors (Lipinski definition) is 3. The van der Waals surface area contributed by atoms with Crippen molar-refractivity contribution < 1.29 is 18.8 Å². The van der Waals surface area contributed by atoms with Gasteiger partial charge in [-0.1, -0.05) is 0 Å². The van der Waals surface area contributed by atoms with Gasteiger partial charge in [0.15, 0.2) is 0 Å². The van der Waals surface area contributed by atoms with E-state index in [1.54, 1.807) is 0 Å². The van der Waals surface area contributed by atoms with Crippen LogP contribution in [0, 0.1) is 16.2 Å². The summed E-state index contributed by atoms with van der Waals surface area (Å²) in [6.45, 7) is 4.07. The first-order valence-corrected chi connectivity index (χ1v) is 3.98. The maximum Gasteiger partial charge on any atom is 0.231 e. The number of rotatable bonds is 1. The van der Waals surface area contributed by atoms with Crippen LogP contribution in [-0.4, -0.2) is 34.8 Å². The molecule has 0 aromatic heterocycles. The standard InChI is InChI=1S/C3H10OSi.3CHNO/c1-3(2)4-5;3*2-1-3/h3H,1-2,5H3;3*2H. The van der Waals surface area contributed by atoms with Gasteiger partial charge >= 0.3 is 0 Å². The molecule has 0 heterocycles. The summed E-state index contributed by atoms with van der Waals surface area (Å²) in [4.78, 5) is 25.0. The molecule has 0 saturated heterocycles. The van der Waals surface area contributed by atoms with Crippen LogP contribution in [0.2, 0.25) is 0 Å². The van der Waals surface area contributed by atoms with E-state index in [0.29, 0.717) is 6.10 Å². The molecule has 0 fully saturated rings. The molecule has 0 unspecified atom stereocenters. The molecule has 14 heavy (non-hydrogen) atoms. The van der Waals surface area contributed by atoms with Gasteiger partial charge in [-0.05, 0) is 13.8 Å². The van der Waals surface area contributed by atoms with Crippen LogP contribution < -0.4 is 0 Å². The van der Waals surface area contributed by atoms with E-state index in [4.69, 9.17) is 35.0 Å². The lowest BCUT2D eigenvalue weighted by atomic mass is 10.5. The first-order chi connectivity index (χ1) is 6.51. The summed E-state index contributed by atoms with van der Waals surface area (Å²) < 4.78 is 4.89. The van der Waals surface area contributed by atoms with Crippen molar-refractivity contribution in [2.75, 3.05) is 0 Å². The monoisotopic (exact) mass is 219 g/mol. The third-order valence-electron chi connectivity index (χ3n) is 0.471. The van der Waals surface area contributed by atoms with Crippen LogP contribution in [0.3, 0.4) is 0 Å². The Bertz CT molecular complexity index is 161. The topological polar surface area (TPSA) is 132 Å². The van der Waals surface area contributed by atoms with Crippen molar-refractivity contribution in [1.82, 2.24) is 0 Å². The first kappa shape index (κ1) is 22.8. The van der Waals surface area contributed by atoms with E-state index in [1.165, 1.54) is 0 Å². The fourth-order valence-electron chi connectivity index (χ4n) is 0. The molecule has 7 nitrogen and oxygen atoms in total.